The molecule has 0 aliphatic carbocycles. The van der Waals surface area contributed by atoms with Crippen molar-refractivity contribution in [2.75, 3.05) is 19.7 Å². The zero-order chi connectivity index (χ0) is 11.7. The van der Waals surface area contributed by atoms with Crippen LogP contribution in [0.15, 0.2) is 0 Å². The van der Waals surface area contributed by atoms with Gasteiger partial charge in [0.15, 0.2) is 0 Å². The highest BCUT2D eigenvalue weighted by atomic mass is 16.5. The first-order valence-electron chi connectivity index (χ1n) is 6.08. The Hall–Kier alpha value is -0.0800. The lowest BCUT2D eigenvalue weighted by Gasteiger charge is -2.39. The summed E-state index contributed by atoms with van der Waals surface area (Å²) in [6, 6.07) is 0. The lowest BCUT2D eigenvalue weighted by molar-refractivity contribution is -0.0271. The van der Waals surface area contributed by atoms with Crippen molar-refractivity contribution in [3.05, 3.63) is 0 Å². The topological polar surface area (TPSA) is 12.5 Å². The van der Waals surface area contributed by atoms with Crippen molar-refractivity contribution in [2.45, 2.75) is 59.6 Å². The molecule has 0 spiro atoms. The van der Waals surface area contributed by atoms with Crippen molar-refractivity contribution < 1.29 is 4.74 Å². The van der Waals surface area contributed by atoms with Crippen molar-refractivity contribution in [1.29, 1.82) is 0 Å². The first-order chi connectivity index (χ1) is 6.71. The van der Waals surface area contributed by atoms with E-state index in [1.165, 1.54) is 0 Å². The van der Waals surface area contributed by atoms with E-state index in [0.717, 1.165) is 26.1 Å². The number of ether oxygens (including phenoxy) is 1. The van der Waals surface area contributed by atoms with Crippen LogP contribution in [0, 0.1) is 5.41 Å². The minimum Gasteiger partial charge on any atom is -0.376 e. The Morgan fingerprint density at radius 1 is 1.07 bits per heavy atom. The van der Waals surface area contributed by atoms with Crippen LogP contribution in [-0.2, 0) is 4.74 Å². The van der Waals surface area contributed by atoms with Gasteiger partial charge >= 0.3 is 0 Å². The second-order valence-corrected chi connectivity index (χ2v) is 6.70. The molecular formula is C13H27NO. The molecular weight excluding hydrogens is 186 g/mol. The summed E-state index contributed by atoms with van der Waals surface area (Å²) in [5.74, 6) is 0. The Morgan fingerprint density at radius 2 is 1.67 bits per heavy atom. The average Bonchev–Trinajstić information content (AvgIpc) is 2.24. The summed E-state index contributed by atoms with van der Waals surface area (Å²) in [7, 11) is 0. The minimum atomic E-state index is 0.244. The first kappa shape index (κ1) is 13.0. The fourth-order valence-corrected chi connectivity index (χ4v) is 1.96. The zero-order valence-electron chi connectivity index (χ0n) is 11.3. The van der Waals surface area contributed by atoms with E-state index < -0.39 is 0 Å². The van der Waals surface area contributed by atoms with Crippen molar-refractivity contribution in [3.63, 3.8) is 0 Å². The van der Waals surface area contributed by atoms with Gasteiger partial charge in [-0.15, -0.1) is 0 Å². The highest BCUT2D eigenvalue weighted by molar-refractivity contribution is 4.85. The van der Waals surface area contributed by atoms with E-state index in [9.17, 15) is 0 Å². The van der Waals surface area contributed by atoms with Gasteiger partial charge in [-0.3, -0.25) is 4.90 Å². The average molecular weight is 213 g/mol. The molecule has 1 atom stereocenters. The zero-order valence-corrected chi connectivity index (χ0v) is 11.3. The largest absolute Gasteiger partial charge is 0.376 e. The van der Waals surface area contributed by atoms with Crippen molar-refractivity contribution in [1.82, 2.24) is 4.90 Å². The predicted molar refractivity (Wildman–Crippen MR) is 65.1 cm³/mol. The van der Waals surface area contributed by atoms with Gasteiger partial charge in [-0.2, -0.15) is 0 Å². The monoisotopic (exact) mass is 213 g/mol. The van der Waals surface area contributed by atoms with Gasteiger partial charge in [0, 0.05) is 25.2 Å². The Morgan fingerprint density at radius 3 is 2.13 bits per heavy atom. The third kappa shape index (κ3) is 3.76. The molecule has 0 N–H and O–H groups in total. The molecule has 15 heavy (non-hydrogen) atoms. The summed E-state index contributed by atoms with van der Waals surface area (Å²) in [5.41, 5.74) is 0.505. The quantitative estimate of drug-likeness (QED) is 0.613. The van der Waals surface area contributed by atoms with Crippen molar-refractivity contribution in [2.24, 2.45) is 5.41 Å². The van der Waals surface area contributed by atoms with Gasteiger partial charge in [0.05, 0.1) is 6.10 Å². The predicted octanol–water partition coefficient (Wildman–Crippen LogP) is 2.92. The molecule has 2 nitrogen and oxygen atoms in total. The van der Waals surface area contributed by atoms with Crippen molar-refractivity contribution in [3.8, 4) is 0 Å². The van der Waals surface area contributed by atoms with Crippen LogP contribution in [0.3, 0.4) is 0 Å². The molecule has 0 aromatic heterocycles. The van der Waals surface area contributed by atoms with Crippen LogP contribution >= 0.6 is 0 Å². The van der Waals surface area contributed by atoms with E-state index in [-0.39, 0.29) is 11.0 Å². The van der Waals surface area contributed by atoms with E-state index in [1.54, 1.807) is 0 Å². The number of hydrogen-bond donors (Lipinski definition) is 0. The first-order valence-corrected chi connectivity index (χ1v) is 6.08. The number of nitrogens with zero attached hydrogens (tertiary/aromatic N) is 1. The van der Waals surface area contributed by atoms with E-state index in [4.69, 9.17) is 4.74 Å². The van der Waals surface area contributed by atoms with Gasteiger partial charge in [0.2, 0.25) is 0 Å². The second kappa shape index (κ2) is 4.42. The third-order valence-electron chi connectivity index (χ3n) is 3.19. The van der Waals surface area contributed by atoms with Crippen LogP contribution in [0.1, 0.15) is 48.0 Å². The molecule has 1 aliphatic rings. The molecule has 1 aliphatic heterocycles. The second-order valence-electron chi connectivity index (χ2n) is 6.70. The number of rotatable bonds is 0. The Balaban J connectivity index is 2.70. The van der Waals surface area contributed by atoms with Crippen LogP contribution in [-0.4, -0.2) is 36.2 Å². The van der Waals surface area contributed by atoms with Gasteiger partial charge in [0.25, 0.3) is 0 Å². The lowest BCUT2D eigenvalue weighted by Crippen LogP contribution is -2.47. The van der Waals surface area contributed by atoms with Crippen LogP contribution < -0.4 is 0 Å². The molecule has 90 valence electrons. The summed E-state index contributed by atoms with van der Waals surface area (Å²) in [6.07, 6.45) is 1.52. The molecule has 0 radical (unpaired) electrons. The van der Waals surface area contributed by atoms with E-state index in [2.05, 4.69) is 46.4 Å². The van der Waals surface area contributed by atoms with Gasteiger partial charge in [-0.1, -0.05) is 20.8 Å². The summed E-state index contributed by atoms with van der Waals surface area (Å²) in [5, 5.41) is 0. The molecule has 0 aromatic carbocycles. The van der Waals surface area contributed by atoms with Crippen LogP contribution in [0.5, 0.6) is 0 Å². The fourth-order valence-electron chi connectivity index (χ4n) is 1.96. The molecule has 0 amide bonds. The van der Waals surface area contributed by atoms with Gasteiger partial charge in [0.1, 0.15) is 0 Å². The minimum absolute atomic E-state index is 0.244. The van der Waals surface area contributed by atoms with Gasteiger partial charge in [-0.05, 0) is 32.6 Å². The molecule has 2 heteroatoms. The molecule has 1 fully saturated rings. The summed E-state index contributed by atoms with van der Waals surface area (Å²) in [6.45, 7) is 16.8. The molecule has 0 saturated carbocycles. The van der Waals surface area contributed by atoms with E-state index in [0.29, 0.717) is 6.10 Å². The molecule has 1 rings (SSSR count). The summed E-state index contributed by atoms with van der Waals surface area (Å²) in [4.78, 5) is 2.55. The SMILES string of the molecule is CC(C)(C)C1CN(C(C)(C)C)CCCO1. The van der Waals surface area contributed by atoms with Gasteiger partial charge in [-0.25, -0.2) is 0 Å². The molecule has 1 saturated heterocycles. The fraction of sp³-hybridized carbons (Fsp3) is 1.00. The van der Waals surface area contributed by atoms with Crippen LogP contribution in [0.4, 0.5) is 0 Å². The smallest absolute Gasteiger partial charge is 0.0750 e. The Kier molecular flexibility index (Phi) is 3.83. The van der Waals surface area contributed by atoms with Gasteiger partial charge < -0.3 is 4.74 Å². The van der Waals surface area contributed by atoms with Crippen LogP contribution in [0.2, 0.25) is 0 Å². The summed E-state index contributed by atoms with van der Waals surface area (Å²) < 4.78 is 5.95. The number of hydrogen-bond acceptors (Lipinski definition) is 2. The lowest BCUT2D eigenvalue weighted by atomic mass is 9.88. The summed E-state index contributed by atoms with van der Waals surface area (Å²) >= 11 is 0. The molecule has 1 unspecified atom stereocenters. The maximum Gasteiger partial charge on any atom is 0.0750 e. The highest BCUT2D eigenvalue weighted by Gasteiger charge is 2.32. The Labute approximate surface area is 95.0 Å². The normalized spacial score (nSPS) is 26.4. The molecule has 0 aromatic rings. The molecule has 0 bridgehead atoms. The van der Waals surface area contributed by atoms with E-state index >= 15 is 0 Å². The van der Waals surface area contributed by atoms with Crippen LogP contribution in [0.25, 0.3) is 0 Å². The van der Waals surface area contributed by atoms with Crippen molar-refractivity contribution >= 4 is 0 Å². The maximum atomic E-state index is 5.95. The maximum absolute atomic E-state index is 5.95. The van der Waals surface area contributed by atoms with E-state index in [1.807, 2.05) is 0 Å². The Bertz CT molecular complexity index is 178. The highest BCUT2D eigenvalue weighted by Crippen LogP contribution is 2.27. The molecule has 1 heterocycles. The standard InChI is InChI=1S/C13H27NO/c1-12(2,3)11-10-14(13(4,5)6)8-7-9-15-11/h11H,7-10H2,1-6H3. The third-order valence-corrected chi connectivity index (χ3v) is 3.19.